The van der Waals surface area contributed by atoms with Crippen molar-refractivity contribution in [2.24, 2.45) is 0 Å². The van der Waals surface area contributed by atoms with Gasteiger partial charge in [-0.05, 0) is 185 Å². The second kappa shape index (κ2) is 56.3. The van der Waals surface area contributed by atoms with E-state index in [1.54, 1.807) is 49.6 Å². The first-order valence-corrected chi connectivity index (χ1v) is 48.4. The van der Waals surface area contributed by atoms with E-state index in [9.17, 15) is 0 Å². The van der Waals surface area contributed by atoms with Crippen LogP contribution in [-0.2, 0) is 0 Å². The zero-order valence-corrected chi connectivity index (χ0v) is 84.3. The maximum Gasteiger partial charge on any atom is 0.101 e. The summed E-state index contributed by atoms with van der Waals surface area (Å²) in [6, 6.07) is 149. The second-order valence-corrected chi connectivity index (χ2v) is 34.0. The van der Waals surface area contributed by atoms with Crippen molar-refractivity contribution in [2.45, 2.75) is 69.2 Å². The molecule has 0 unspecified atom stereocenters. The van der Waals surface area contributed by atoms with Crippen molar-refractivity contribution in [3.63, 3.8) is 0 Å². The molecule has 20 heteroatoms. The van der Waals surface area contributed by atoms with Gasteiger partial charge in [0.2, 0.25) is 0 Å². The summed E-state index contributed by atoms with van der Waals surface area (Å²) in [6.07, 6.45) is 15.8. The quantitative estimate of drug-likeness (QED) is 0.104. The number of rotatable bonds is 13. The van der Waals surface area contributed by atoms with Crippen LogP contribution in [0.1, 0.15) is 56.2 Å². The van der Waals surface area contributed by atoms with Crippen molar-refractivity contribution in [3.8, 4) is 146 Å². The fourth-order valence-corrected chi connectivity index (χ4v) is 15.3. The highest BCUT2D eigenvalue weighted by Crippen LogP contribution is 2.35. The van der Waals surface area contributed by atoms with E-state index in [4.69, 9.17) is 0 Å². The van der Waals surface area contributed by atoms with Crippen molar-refractivity contribution in [3.05, 3.63) is 555 Å². The van der Waals surface area contributed by atoms with E-state index >= 15 is 0 Å². The molecule has 148 heavy (non-hydrogen) atoms. The third-order valence-electron chi connectivity index (χ3n) is 22.9. The minimum atomic E-state index is 0.907. The zero-order valence-electron chi connectivity index (χ0n) is 84.3. The molecule has 23 rings (SSSR count). The van der Waals surface area contributed by atoms with Gasteiger partial charge in [0.05, 0.1) is 94.6 Å². The zero-order chi connectivity index (χ0) is 103. The summed E-state index contributed by atoms with van der Waals surface area (Å²) in [5.74, 6) is 0. The molecule has 0 aliphatic heterocycles. The maximum atomic E-state index is 4.37. The van der Waals surface area contributed by atoms with E-state index in [-0.39, 0.29) is 0 Å². The van der Waals surface area contributed by atoms with Gasteiger partial charge in [-0.2, -0.15) is 81.6 Å². The Balaban J connectivity index is 0.000000131. The summed E-state index contributed by atoms with van der Waals surface area (Å²) >= 11 is 0. The molecule has 0 atom stereocenters. The van der Waals surface area contributed by atoms with Crippen LogP contribution in [0.4, 0.5) is 0 Å². The Bertz CT molecular complexity index is 7570. The average Bonchev–Trinajstić information content (AvgIpc) is 0.805. The molecule has 724 valence electrons. The number of nitrogens with zero attached hydrogens (tertiary/aromatic N) is 20. The number of aryl methyl sites for hydroxylation is 10. The average molecular weight is 1930 g/mol. The lowest BCUT2D eigenvalue weighted by atomic mass is 9.97. The van der Waals surface area contributed by atoms with Crippen LogP contribution < -0.4 is 0 Å². The molecule has 0 aliphatic carbocycles. The third kappa shape index (κ3) is 31.8. The van der Waals surface area contributed by atoms with Gasteiger partial charge in [-0.15, -0.1) is 20.4 Å². The minimum Gasteiger partial charge on any atom is -0.159 e. The van der Waals surface area contributed by atoms with Crippen molar-refractivity contribution in [1.82, 2.24) is 102 Å². The first-order chi connectivity index (χ1) is 72.6. The van der Waals surface area contributed by atoms with Gasteiger partial charge in [-0.3, -0.25) is 0 Å². The first-order valence-electron chi connectivity index (χ1n) is 48.4. The maximum absolute atomic E-state index is 4.37. The van der Waals surface area contributed by atoms with Gasteiger partial charge in [-0.1, -0.05) is 394 Å². The highest BCUT2D eigenvalue weighted by molar-refractivity contribution is 5.84. The number of aromatic nitrogens is 20. The van der Waals surface area contributed by atoms with Gasteiger partial charge in [-0.25, -0.2) is 0 Å². The van der Waals surface area contributed by atoms with Gasteiger partial charge in [0.25, 0.3) is 0 Å². The molecule has 23 aromatic rings. The Morgan fingerprint density at radius 2 is 0.486 bits per heavy atom. The van der Waals surface area contributed by atoms with Gasteiger partial charge < -0.3 is 0 Å². The molecule has 10 heterocycles. The first kappa shape index (κ1) is 104. The normalized spacial score (nSPS) is 10.1. The summed E-state index contributed by atoms with van der Waals surface area (Å²) < 4.78 is 0. The van der Waals surface area contributed by atoms with E-state index in [0.29, 0.717) is 0 Å². The van der Waals surface area contributed by atoms with Crippen LogP contribution in [0.2, 0.25) is 0 Å². The Labute approximate surface area is 865 Å². The van der Waals surface area contributed by atoms with Crippen LogP contribution in [-0.4, -0.2) is 102 Å². The predicted molar refractivity (Wildman–Crippen MR) is 598 cm³/mol. The SMILES string of the molecule is Cc1cc(-c2ccccc2)c(-c2ccccc2)nn1.Cc1cc(-c2ccccc2)cnn1.Cc1cc(-c2ccccc2)nnc1-c1ccccc1.Cc1ccnnc1.Cc1ccnnc1-c1ccccc1.Cc1cnnc(-c2ccccc2)c1.Cc1cnnc(-c2ccccc2)c1-c1ccccc1.Cc1cnncc1-c1ccccc1.Cc1nnc(-c2ccccc2)cc1-c1ccccc1.Cc1nnccc1-c1ccccc1. The summed E-state index contributed by atoms with van der Waals surface area (Å²) in [7, 11) is 0. The van der Waals surface area contributed by atoms with E-state index in [2.05, 4.69) is 243 Å². The van der Waals surface area contributed by atoms with Crippen LogP contribution in [0.15, 0.2) is 499 Å². The fraction of sp³-hybridized carbons (Fsp3) is 0.0781. The molecule has 0 saturated heterocycles. The Morgan fingerprint density at radius 3 is 0.939 bits per heavy atom. The molecule has 0 aliphatic rings. The molecule has 13 aromatic carbocycles. The summed E-state index contributed by atoms with van der Waals surface area (Å²) in [4.78, 5) is 0. The van der Waals surface area contributed by atoms with Crippen LogP contribution in [0.5, 0.6) is 0 Å². The second-order valence-electron chi connectivity index (χ2n) is 34.0. The van der Waals surface area contributed by atoms with E-state index in [0.717, 1.165) is 168 Å². The van der Waals surface area contributed by atoms with Crippen molar-refractivity contribution < 1.29 is 0 Å². The lowest BCUT2D eigenvalue weighted by Crippen LogP contribution is -1.95. The molecule has 10 aromatic heterocycles. The van der Waals surface area contributed by atoms with Gasteiger partial charge >= 0.3 is 0 Å². The Kier molecular flexibility index (Phi) is 39.8. The largest absolute Gasteiger partial charge is 0.159 e. The number of benzene rings is 13. The molecule has 0 fully saturated rings. The predicted octanol–water partition coefficient (Wildman–Crippen LogP) is 29.5. The minimum absolute atomic E-state index is 0.907. The molecular weight excluding hydrogens is 1820 g/mol. The highest BCUT2D eigenvalue weighted by Gasteiger charge is 2.16. The number of hydrogen-bond acceptors (Lipinski definition) is 20. The molecule has 0 N–H and O–H groups in total. The van der Waals surface area contributed by atoms with Crippen LogP contribution >= 0.6 is 0 Å². The summed E-state index contributed by atoms with van der Waals surface area (Å²) in [5, 5.41) is 80.8. The standard InChI is InChI=1S/4C17H14N2.5C11H10N2.C5H6N2/c1-13-16(14-8-4-2-5-9-14)12-17(19-18-13)15-10-6-3-7-11-15;1-13-12-18-19-17(15-10-6-3-7-11-15)16(13)14-8-4-2-5-9-14;1-13-12-16(14-8-4-2-5-9-14)17(19-18-13)15-10-6-3-7-11-15;1-13-12-16(14-8-4-2-5-9-14)18-19-17(13)15-10-6-3-7-11-15;1-9-7-12-13-8-11(9)10-5-3-2-4-6-10;1-9-7-11(8-12-13-9)10-5-3-2-4-6-10;1-9-7-11(13-12-8-9)10-5-3-2-4-6-10;1-9-11(7-8-12-13-9)10-5-3-2-4-6-10;1-9-7-8-12-13-11(9)10-5-3-2-4-6-10;1-5-2-3-6-7-4-5/h4*2-12H,1H3;5*2-8H,1H3;2-4H,1H3. The van der Waals surface area contributed by atoms with Crippen LogP contribution in [0.3, 0.4) is 0 Å². The molecule has 0 spiro atoms. The van der Waals surface area contributed by atoms with Crippen molar-refractivity contribution in [2.75, 3.05) is 0 Å². The fourth-order valence-electron chi connectivity index (χ4n) is 15.3. The lowest BCUT2D eigenvalue weighted by molar-refractivity contribution is 0.983. The van der Waals surface area contributed by atoms with Gasteiger partial charge in [0.15, 0.2) is 0 Å². The summed E-state index contributed by atoms with van der Waals surface area (Å²) in [6.45, 7) is 20.1. The molecule has 0 radical (unpaired) electrons. The van der Waals surface area contributed by atoms with Crippen molar-refractivity contribution >= 4 is 0 Å². The van der Waals surface area contributed by atoms with E-state index in [1.165, 1.54) is 33.4 Å². The monoisotopic (exact) mass is 1930 g/mol. The van der Waals surface area contributed by atoms with E-state index < -0.39 is 0 Å². The third-order valence-corrected chi connectivity index (χ3v) is 22.9. The molecule has 0 saturated carbocycles. The van der Waals surface area contributed by atoms with E-state index in [1.807, 2.05) is 377 Å². The van der Waals surface area contributed by atoms with Gasteiger partial charge in [0.1, 0.15) is 11.4 Å². The lowest BCUT2D eigenvalue weighted by Gasteiger charge is -2.11. The molecule has 0 bridgehead atoms. The Morgan fingerprint density at radius 1 is 0.142 bits per heavy atom. The topological polar surface area (TPSA) is 258 Å². The molecular formula is C128H112N20. The van der Waals surface area contributed by atoms with Crippen LogP contribution in [0.25, 0.3) is 146 Å². The molecule has 0 amide bonds. The summed E-state index contributed by atoms with van der Waals surface area (Å²) in [5.41, 5.74) is 38.8. The van der Waals surface area contributed by atoms with Crippen LogP contribution in [0, 0.1) is 69.2 Å². The smallest absolute Gasteiger partial charge is 0.101 e. The number of hydrogen-bond donors (Lipinski definition) is 0. The van der Waals surface area contributed by atoms with Gasteiger partial charge in [0, 0.05) is 84.7 Å². The molecule has 20 nitrogen and oxygen atoms in total. The highest BCUT2D eigenvalue weighted by atomic mass is 15.1. The van der Waals surface area contributed by atoms with Crippen molar-refractivity contribution in [1.29, 1.82) is 0 Å². The Hall–Kier alpha value is -19.3.